The Labute approximate surface area is 124 Å². The lowest BCUT2D eigenvalue weighted by Gasteiger charge is -2.28. The van der Waals surface area contributed by atoms with Crippen molar-refractivity contribution in [3.05, 3.63) is 23.4 Å². The molecular formula is C15H24F3N3. The summed E-state index contributed by atoms with van der Waals surface area (Å²) in [7, 11) is 0. The van der Waals surface area contributed by atoms with Crippen LogP contribution >= 0.6 is 0 Å². The van der Waals surface area contributed by atoms with Gasteiger partial charge < -0.3 is 10.6 Å². The van der Waals surface area contributed by atoms with Crippen LogP contribution in [0.5, 0.6) is 0 Å². The van der Waals surface area contributed by atoms with E-state index in [4.69, 9.17) is 5.73 Å². The fourth-order valence-electron chi connectivity index (χ4n) is 2.29. The summed E-state index contributed by atoms with van der Waals surface area (Å²) >= 11 is 0. The lowest BCUT2D eigenvalue weighted by atomic mass is 10.0. The second-order valence-electron chi connectivity index (χ2n) is 5.10. The van der Waals surface area contributed by atoms with Crippen LogP contribution in [-0.4, -0.2) is 18.1 Å². The molecule has 0 aliphatic carbocycles. The van der Waals surface area contributed by atoms with Gasteiger partial charge in [0, 0.05) is 25.2 Å². The van der Waals surface area contributed by atoms with Crippen molar-refractivity contribution < 1.29 is 13.2 Å². The van der Waals surface area contributed by atoms with E-state index in [0.29, 0.717) is 30.4 Å². The Bertz CT molecular complexity index is 442. The van der Waals surface area contributed by atoms with E-state index in [0.717, 1.165) is 18.9 Å². The highest BCUT2D eigenvalue weighted by molar-refractivity contribution is 5.48. The zero-order valence-electron chi connectivity index (χ0n) is 12.9. The molecule has 0 saturated heterocycles. The van der Waals surface area contributed by atoms with Gasteiger partial charge in [0.25, 0.3) is 0 Å². The van der Waals surface area contributed by atoms with Crippen molar-refractivity contribution in [1.29, 1.82) is 0 Å². The van der Waals surface area contributed by atoms with Crippen molar-refractivity contribution in [2.24, 2.45) is 11.7 Å². The molecule has 120 valence electrons. The van der Waals surface area contributed by atoms with E-state index in [2.05, 4.69) is 18.8 Å². The fourth-order valence-corrected chi connectivity index (χ4v) is 2.29. The molecule has 6 heteroatoms. The first-order chi connectivity index (χ1) is 9.87. The predicted molar refractivity (Wildman–Crippen MR) is 79.1 cm³/mol. The number of alkyl halides is 3. The minimum absolute atomic E-state index is 0.180. The number of halogens is 3. The molecule has 0 fully saturated rings. The summed E-state index contributed by atoms with van der Waals surface area (Å²) in [5, 5.41) is 0. The fraction of sp³-hybridized carbons (Fsp3) is 0.667. The lowest BCUT2D eigenvalue weighted by molar-refractivity contribution is -0.141. The number of pyridine rings is 1. The SMILES string of the molecule is CCC(CC)CN(CC)c1nc(C(F)(F)F)ccc1CN. The molecule has 0 aliphatic heterocycles. The highest BCUT2D eigenvalue weighted by Crippen LogP contribution is 2.31. The van der Waals surface area contributed by atoms with E-state index < -0.39 is 11.9 Å². The van der Waals surface area contributed by atoms with E-state index in [9.17, 15) is 13.2 Å². The average molecular weight is 303 g/mol. The number of hydrogen-bond acceptors (Lipinski definition) is 3. The van der Waals surface area contributed by atoms with Gasteiger partial charge in [-0.05, 0) is 18.9 Å². The molecule has 0 bridgehead atoms. The number of anilines is 1. The topological polar surface area (TPSA) is 42.2 Å². The number of rotatable bonds is 7. The Morgan fingerprint density at radius 3 is 2.24 bits per heavy atom. The molecule has 1 aromatic rings. The maximum Gasteiger partial charge on any atom is 0.433 e. The smallest absolute Gasteiger partial charge is 0.356 e. The van der Waals surface area contributed by atoms with E-state index in [1.54, 1.807) is 0 Å². The van der Waals surface area contributed by atoms with Gasteiger partial charge in [0.1, 0.15) is 11.5 Å². The molecule has 0 amide bonds. The zero-order valence-corrected chi connectivity index (χ0v) is 12.9. The molecule has 1 rings (SSSR count). The molecule has 2 N–H and O–H groups in total. The maximum absolute atomic E-state index is 12.9. The molecule has 1 heterocycles. The monoisotopic (exact) mass is 303 g/mol. The molecule has 0 aromatic carbocycles. The summed E-state index contributed by atoms with van der Waals surface area (Å²) in [4.78, 5) is 5.73. The third kappa shape index (κ3) is 4.59. The van der Waals surface area contributed by atoms with Crippen LogP contribution in [0.4, 0.5) is 19.0 Å². The van der Waals surface area contributed by atoms with E-state index in [1.165, 1.54) is 6.07 Å². The first-order valence-electron chi connectivity index (χ1n) is 7.39. The Balaban J connectivity index is 3.16. The van der Waals surface area contributed by atoms with Gasteiger partial charge in [0.15, 0.2) is 0 Å². The van der Waals surface area contributed by atoms with Crippen LogP contribution < -0.4 is 10.6 Å². The van der Waals surface area contributed by atoms with Crippen LogP contribution in [0, 0.1) is 5.92 Å². The van der Waals surface area contributed by atoms with Crippen molar-refractivity contribution in [2.45, 2.75) is 46.3 Å². The Morgan fingerprint density at radius 2 is 1.81 bits per heavy atom. The first-order valence-corrected chi connectivity index (χ1v) is 7.39. The number of aromatic nitrogens is 1. The summed E-state index contributed by atoms with van der Waals surface area (Å²) in [6, 6.07) is 2.43. The zero-order chi connectivity index (χ0) is 16.0. The van der Waals surface area contributed by atoms with Crippen LogP contribution in [0.15, 0.2) is 12.1 Å². The van der Waals surface area contributed by atoms with E-state index in [1.807, 2.05) is 11.8 Å². The Morgan fingerprint density at radius 1 is 1.19 bits per heavy atom. The number of nitrogens with two attached hydrogens (primary N) is 1. The van der Waals surface area contributed by atoms with Gasteiger partial charge in [0.2, 0.25) is 0 Å². The summed E-state index contributed by atoms with van der Waals surface area (Å²) in [6.07, 6.45) is -2.45. The third-order valence-corrected chi connectivity index (χ3v) is 3.78. The van der Waals surface area contributed by atoms with Crippen LogP contribution in [0.3, 0.4) is 0 Å². The Kier molecular flexibility index (Phi) is 6.45. The quantitative estimate of drug-likeness (QED) is 0.832. The molecule has 0 atom stereocenters. The molecule has 0 radical (unpaired) electrons. The van der Waals surface area contributed by atoms with E-state index in [-0.39, 0.29) is 6.54 Å². The molecule has 21 heavy (non-hydrogen) atoms. The van der Waals surface area contributed by atoms with Crippen LogP contribution in [-0.2, 0) is 12.7 Å². The number of nitrogens with zero attached hydrogens (tertiary/aromatic N) is 2. The van der Waals surface area contributed by atoms with Gasteiger partial charge in [-0.25, -0.2) is 4.98 Å². The normalized spacial score (nSPS) is 12.0. The second kappa shape index (κ2) is 7.64. The van der Waals surface area contributed by atoms with Gasteiger partial charge in [-0.2, -0.15) is 13.2 Å². The van der Waals surface area contributed by atoms with E-state index >= 15 is 0 Å². The standard InChI is InChI=1S/C15H24F3N3/c1-4-11(5-2)10-21(6-3)14-12(9-19)7-8-13(20-14)15(16,17)18/h7-8,11H,4-6,9-10,19H2,1-3H3. The van der Waals surface area contributed by atoms with Crippen LogP contribution in [0.2, 0.25) is 0 Å². The van der Waals surface area contributed by atoms with Gasteiger partial charge >= 0.3 is 6.18 Å². The minimum Gasteiger partial charge on any atom is -0.356 e. The lowest BCUT2D eigenvalue weighted by Crippen LogP contribution is -2.31. The van der Waals surface area contributed by atoms with Gasteiger partial charge in [-0.15, -0.1) is 0 Å². The summed E-state index contributed by atoms with van der Waals surface area (Å²) in [6.45, 7) is 7.59. The average Bonchev–Trinajstić information content (AvgIpc) is 2.47. The van der Waals surface area contributed by atoms with Crippen molar-refractivity contribution in [3.8, 4) is 0 Å². The second-order valence-corrected chi connectivity index (χ2v) is 5.10. The van der Waals surface area contributed by atoms with Gasteiger partial charge in [-0.1, -0.05) is 32.8 Å². The maximum atomic E-state index is 12.9. The molecule has 3 nitrogen and oxygen atoms in total. The summed E-state index contributed by atoms with van der Waals surface area (Å²) in [5.74, 6) is 0.800. The van der Waals surface area contributed by atoms with Crippen molar-refractivity contribution >= 4 is 5.82 Å². The first kappa shape index (κ1) is 17.8. The van der Waals surface area contributed by atoms with Crippen LogP contribution in [0.1, 0.15) is 44.9 Å². The largest absolute Gasteiger partial charge is 0.433 e. The minimum atomic E-state index is -4.43. The summed E-state index contributed by atoms with van der Waals surface area (Å²) in [5.41, 5.74) is 5.44. The number of hydrogen-bond donors (Lipinski definition) is 1. The van der Waals surface area contributed by atoms with Gasteiger partial charge in [-0.3, -0.25) is 0 Å². The Hall–Kier alpha value is -1.30. The third-order valence-electron chi connectivity index (χ3n) is 3.78. The highest BCUT2D eigenvalue weighted by Gasteiger charge is 2.33. The highest BCUT2D eigenvalue weighted by atomic mass is 19.4. The molecule has 0 saturated carbocycles. The summed E-state index contributed by atoms with van der Waals surface area (Å²) < 4.78 is 38.6. The van der Waals surface area contributed by atoms with Crippen molar-refractivity contribution in [1.82, 2.24) is 4.98 Å². The molecule has 0 spiro atoms. The predicted octanol–water partition coefficient (Wildman–Crippen LogP) is 3.82. The molecular weight excluding hydrogens is 279 g/mol. The molecule has 0 unspecified atom stereocenters. The van der Waals surface area contributed by atoms with Gasteiger partial charge in [0.05, 0.1) is 0 Å². The van der Waals surface area contributed by atoms with Crippen molar-refractivity contribution in [3.63, 3.8) is 0 Å². The van der Waals surface area contributed by atoms with Crippen molar-refractivity contribution in [2.75, 3.05) is 18.0 Å². The molecule has 1 aromatic heterocycles. The van der Waals surface area contributed by atoms with Crippen LogP contribution in [0.25, 0.3) is 0 Å². The molecule has 0 aliphatic rings.